The molecule has 1 saturated heterocycles. The molecule has 0 spiro atoms. The summed E-state index contributed by atoms with van der Waals surface area (Å²) in [6.07, 6.45) is 6.13. The number of likely N-dealkylation sites (tertiary alicyclic amines) is 1. The molecule has 1 aliphatic rings. The molecular formula is C18H24N4O2. The van der Waals surface area contributed by atoms with Gasteiger partial charge in [0.1, 0.15) is 12.4 Å². The molecule has 6 heteroatoms. The van der Waals surface area contributed by atoms with Crippen molar-refractivity contribution >= 4 is 5.91 Å². The lowest BCUT2D eigenvalue weighted by Crippen LogP contribution is -2.38. The van der Waals surface area contributed by atoms with E-state index >= 15 is 0 Å². The molecular weight excluding hydrogens is 304 g/mol. The first-order valence-electron chi connectivity index (χ1n) is 8.39. The Hall–Kier alpha value is -2.34. The molecule has 1 atom stereocenters. The van der Waals surface area contributed by atoms with E-state index in [4.69, 9.17) is 4.74 Å². The van der Waals surface area contributed by atoms with E-state index < -0.39 is 0 Å². The standard InChI is InChI=1S/C18H24N4O2/c1-21-13-15(12-20-21)17-8-5-10-22(17)14-18(23)19-9-11-24-16-6-3-2-4-7-16/h2-4,6-7,12-13,17H,5,8-11,14H2,1H3,(H,19,23)/t17-/m1/s1. The van der Waals surface area contributed by atoms with E-state index in [9.17, 15) is 4.79 Å². The van der Waals surface area contributed by atoms with Crippen LogP contribution in [-0.2, 0) is 11.8 Å². The van der Waals surface area contributed by atoms with Crippen LogP contribution in [0.4, 0.5) is 0 Å². The maximum Gasteiger partial charge on any atom is 0.234 e. The number of aryl methyl sites for hydroxylation is 1. The monoisotopic (exact) mass is 328 g/mol. The van der Waals surface area contributed by atoms with Crippen molar-refractivity contribution in [2.75, 3.05) is 26.2 Å². The van der Waals surface area contributed by atoms with Gasteiger partial charge >= 0.3 is 0 Å². The summed E-state index contributed by atoms with van der Waals surface area (Å²) in [5.41, 5.74) is 1.19. The average Bonchev–Trinajstić information content (AvgIpc) is 3.21. The summed E-state index contributed by atoms with van der Waals surface area (Å²) >= 11 is 0. The summed E-state index contributed by atoms with van der Waals surface area (Å²) in [6.45, 7) is 2.36. The zero-order valence-electron chi connectivity index (χ0n) is 14.0. The van der Waals surface area contributed by atoms with Crippen molar-refractivity contribution in [3.05, 3.63) is 48.3 Å². The van der Waals surface area contributed by atoms with Crippen molar-refractivity contribution < 1.29 is 9.53 Å². The first-order chi connectivity index (χ1) is 11.7. The summed E-state index contributed by atoms with van der Waals surface area (Å²) in [4.78, 5) is 14.4. The quantitative estimate of drug-likeness (QED) is 0.787. The third-order valence-electron chi connectivity index (χ3n) is 4.26. The molecule has 6 nitrogen and oxygen atoms in total. The van der Waals surface area contributed by atoms with Crippen LogP contribution in [0, 0.1) is 0 Å². The molecule has 0 saturated carbocycles. The second-order valence-corrected chi connectivity index (χ2v) is 6.09. The van der Waals surface area contributed by atoms with Gasteiger partial charge in [0.25, 0.3) is 0 Å². The van der Waals surface area contributed by atoms with E-state index in [1.807, 2.05) is 54.5 Å². The number of ether oxygens (including phenoxy) is 1. The Kier molecular flexibility index (Phi) is 5.48. The third-order valence-corrected chi connectivity index (χ3v) is 4.26. The van der Waals surface area contributed by atoms with E-state index in [1.165, 1.54) is 5.56 Å². The number of carbonyl (C=O) groups is 1. The Morgan fingerprint density at radius 1 is 1.38 bits per heavy atom. The molecule has 3 rings (SSSR count). The molecule has 1 aromatic carbocycles. The van der Waals surface area contributed by atoms with Crippen molar-refractivity contribution in [2.45, 2.75) is 18.9 Å². The van der Waals surface area contributed by atoms with E-state index in [-0.39, 0.29) is 5.91 Å². The largest absolute Gasteiger partial charge is 0.492 e. The Morgan fingerprint density at radius 3 is 2.96 bits per heavy atom. The highest BCUT2D eigenvalue weighted by molar-refractivity contribution is 5.78. The molecule has 0 bridgehead atoms. The fraction of sp³-hybridized carbons (Fsp3) is 0.444. The maximum atomic E-state index is 12.2. The predicted octanol–water partition coefficient (Wildman–Crippen LogP) is 1.75. The minimum atomic E-state index is 0.0439. The summed E-state index contributed by atoms with van der Waals surface area (Å²) in [7, 11) is 1.92. The molecule has 1 aliphatic heterocycles. The van der Waals surface area contributed by atoms with E-state index in [0.29, 0.717) is 25.7 Å². The SMILES string of the molecule is Cn1cc([C@H]2CCCN2CC(=O)NCCOc2ccccc2)cn1. The Labute approximate surface area is 142 Å². The number of para-hydroxylation sites is 1. The number of carbonyl (C=O) groups excluding carboxylic acids is 1. The number of aromatic nitrogens is 2. The van der Waals surface area contributed by atoms with Crippen molar-refractivity contribution in [1.82, 2.24) is 20.0 Å². The van der Waals surface area contributed by atoms with E-state index in [1.54, 1.807) is 0 Å². The van der Waals surface area contributed by atoms with Gasteiger partial charge in [-0.15, -0.1) is 0 Å². The summed E-state index contributed by atoms with van der Waals surface area (Å²) in [5, 5.41) is 7.17. The third kappa shape index (κ3) is 4.35. The van der Waals surface area contributed by atoms with Crippen LogP contribution in [-0.4, -0.2) is 46.8 Å². The van der Waals surface area contributed by atoms with Crippen LogP contribution in [0.5, 0.6) is 5.75 Å². The van der Waals surface area contributed by atoms with Crippen molar-refractivity contribution in [1.29, 1.82) is 0 Å². The molecule has 1 N–H and O–H groups in total. The van der Waals surface area contributed by atoms with Crippen LogP contribution < -0.4 is 10.1 Å². The number of amides is 1. The molecule has 1 amide bonds. The van der Waals surface area contributed by atoms with Gasteiger partial charge in [0, 0.05) is 24.8 Å². The smallest absolute Gasteiger partial charge is 0.234 e. The highest BCUT2D eigenvalue weighted by atomic mass is 16.5. The van der Waals surface area contributed by atoms with Gasteiger partial charge in [-0.1, -0.05) is 18.2 Å². The van der Waals surface area contributed by atoms with Gasteiger partial charge in [0.15, 0.2) is 0 Å². The summed E-state index contributed by atoms with van der Waals surface area (Å²) in [5.74, 6) is 0.866. The number of rotatable bonds is 7. The normalized spacial score (nSPS) is 17.8. The van der Waals surface area contributed by atoms with Gasteiger partial charge in [0.2, 0.25) is 5.91 Å². The van der Waals surface area contributed by atoms with Gasteiger partial charge in [-0.25, -0.2) is 0 Å². The van der Waals surface area contributed by atoms with Crippen LogP contribution in [0.2, 0.25) is 0 Å². The lowest BCUT2D eigenvalue weighted by atomic mass is 10.1. The lowest BCUT2D eigenvalue weighted by molar-refractivity contribution is -0.122. The summed E-state index contributed by atoms with van der Waals surface area (Å²) in [6, 6.07) is 9.92. The van der Waals surface area contributed by atoms with Crippen LogP contribution in [0.1, 0.15) is 24.4 Å². The fourth-order valence-corrected chi connectivity index (χ4v) is 3.12. The topological polar surface area (TPSA) is 59.4 Å². The van der Waals surface area contributed by atoms with Crippen LogP contribution in [0.3, 0.4) is 0 Å². The molecule has 0 aliphatic carbocycles. The van der Waals surface area contributed by atoms with Crippen molar-refractivity contribution in [2.24, 2.45) is 7.05 Å². The zero-order chi connectivity index (χ0) is 16.8. The van der Waals surface area contributed by atoms with Gasteiger partial charge < -0.3 is 10.1 Å². The number of nitrogens with one attached hydrogen (secondary N) is 1. The first-order valence-corrected chi connectivity index (χ1v) is 8.39. The highest BCUT2D eigenvalue weighted by Gasteiger charge is 2.28. The first kappa shape index (κ1) is 16.5. The Balaban J connectivity index is 1.41. The molecule has 1 fully saturated rings. The van der Waals surface area contributed by atoms with Crippen LogP contribution in [0.25, 0.3) is 0 Å². The molecule has 2 heterocycles. The van der Waals surface area contributed by atoms with Crippen molar-refractivity contribution in [3.8, 4) is 5.75 Å². The van der Waals surface area contributed by atoms with Gasteiger partial charge in [0.05, 0.1) is 19.3 Å². The average molecular weight is 328 g/mol. The molecule has 1 aromatic heterocycles. The van der Waals surface area contributed by atoms with Gasteiger partial charge in [-0.2, -0.15) is 5.10 Å². The van der Waals surface area contributed by atoms with E-state index in [0.717, 1.165) is 25.1 Å². The van der Waals surface area contributed by atoms with Gasteiger partial charge in [-0.05, 0) is 31.5 Å². The molecule has 24 heavy (non-hydrogen) atoms. The minimum Gasteiger partial charge on any atom is -0.492 e. The maximum absolute atomic E-state index is 12.2. The second-order valence-electron chi connectivity index (χ2n) is 6.09. The van der Waals surface area contributed by atoms with Crippen molar-refractivity contribution in [3.63, 3.8) is 0 Å². The Morgan fingerprint density at radius 2 is 2.21 bits per heavy atom. The number of hydrogen-bond donors (Lipinski definition) is 1. The number of benzene rings is 1. The minimum absolute atomic E-state index is 0.0439. The van der Waals surface area contributed by atoms with Gasteiger partial charge in [-0.3, -0.25) is 14.4 Å². The Bertz CT molecular complexity index is 656. The lowest BCUT2D eigenvalue weighted by Gasteiger charge is -2.22. The molecule has 0 radical (unpaired) electrons. The van der Waals surface area contributed by atoms with Crippen LogP contribution in [0.15, 0.2) is 42.7 Å². The van der Waals surface area contributed by atoms with E-state index in [2.05, 4.69) is 15.3 Å². The highest BCUT2D eigenvalue weighted by Crippen LogP contribution is 2.30. The summed E-state index contributed by atoms with van der Waals surface area (Å²) < 4.78 is 7.39. The zero-order valence-corrected chi connectivity index (χ0v) is 14.0. The second kappa shape index (κ2) is 7.97. The molecule has 128 valence electrons. The number of hydrogen-bond acceptors (Lipinski definition) is 4. The fourth-order valence-electron chi connectivity index (χ4n) is 3.12. The molecule has 2 aromatic rings. The molecule has 0 unspecified atom stereocenters. The number of nitrogens with zero attached hydrogens (tertiary/aromatic N) is 3. The van der Waals surface area contributed by atoms with Crippen LogP contribution >= 0.6 is 0 Å². The predicted molar refractivity (Wildman–Crippen MR) is 91.7 cm³/mol.